The number of hydrogen-bond acceptors (Lipinski definition) is 5. The highest BCUT2D eigenvalue weighted by molar-refractivity contribution is 5.76. The second kappa shape index (κ2) is 72.0. The Morgan fingerprint density at radius 2 is 0.602 bits per heavy atom. The molecule has 0 saturated heterocycles. The van der Waals surface area contributed by atoms with Crippen molar-refractivity contribution in [3.8, 4) is 0 Å². The van der Waals surface area contributed by atoms with Crippen LogP contribution in [0.15, 0.2) is 60.8 Å². The molecule has 1 amide bonds. The van der Waals surface area contributed by atoms with Crippen LogP contribution < -0.4 is 5.32 Å². The van der Waals surface area contributed by atoms with E-state index in [1.165, 1.54) is 308 Å². The predicted molar refractivity (Wildman–Crippen MR) is 365 cm³/mol. The molecule has 0 saturated carbocycles. The van der Waals surface area contributed by atoms with Crippen molar-refractivity contribution in [1.29, 1.82) is 0 Å². The van der Waals surface area contributed by atoms with E-state index in [9.17, 15) is 19.8 Å². The quantitative estimate of drug-likeness (QED) is 0.0320. The minimum atomic E-state index is -0.846. The fraction of sp³-hybridized carbons (Fsp3) is 0.844. The lowest BCUT2D eigenvalue weighted by Gasteiger charge is -2.20. The summed E-state index contributed by atoms with van der Waals surface area (Å²) in [6.07, 6.45) is 96.0. The van der Waals surface area contributed by atoms with Gasteiger partial charge >= 0.3 is 5.97 Å². The van der Waals surface area contributed by atoms with Crippen LogP contribution in [-0.4, -0.2) is 47.4 Å². The SMILES string of the molecule is CCCCC/C=C\C/C=C\CCCCCCCC(=O)OCCCCCCCCCCC/C=C\C/C=C\CCCCCCCCCCCCCCCCCC(=O)NC(CO)C(O)/C=C/CCCCCCCCCCCCCCCCCCCC. The van der Waals surface area contributed by atoms with E-state index in [0.29, 0.717) is 19.4 Å². The average Bonchev–Trinajstić information content (AvgIpc) is 3.49. The van der Waals surface area contributed by atoms with Crippen molar-refractivity contribution in [2.75, 3.05) is 13.2 Å². The van der Waals surface area contributed by atoms with E-state index in [0.717, 1.165) is 57.8 Å². The van der Waals surface area contributed by atoms with E-state index in [-0.39, 0.29) is 18.5 Å². The van der Waals surface area contributed by atoms with Crippen molar-refractivity contribution in [2.24, 2.45) is 0 Å². The maximum absolute atomic E-state index is 12.5. The lowest BCUT2D eigenvalue weighted by molar-refractivity contribution is -0.143. The van der Waals surface area contributed by atoms with Crippen molar-refractivity contribution in [3.05, 3.63) is 60.8 Å². The molecule has 0 radical (unpaired) electrons. The number of rotatable bonds is 69. The van der Waals surface area contributed by atoms with Gasteiger partial charge in [0.05, 0.1) is 25.4 Å². The minimum absolute atomic E-state index is 0.00118. The molecule has 0 rings (SSSR count). The summed E-state index contributed by atoms with van der Waals surface area (Å²) in [6, 6.07) is -0.629. The first-order chi connectivity index (χ1) is 41.0. The normalized spacial score (nSPS) is 12.9. The fourth-order valence-corrected chi connectivity index (χ4v) is 11.3. The standard InChI is InChI=1S/C77H143NO5/c1-3-5-7-9-11-13-15-17-19-20-21-35-38-42-45-49-53-57-61-65-69-75(80)74(73-79)78-76(81)70-66-62-58-54-50-46-43-39-36-33-31-29-27-25-23-22-24-26-28-30-32-34-37-40-44-48-52-56-60-64-68-72-83-77(82)71-67-63-59-55-51-47-41-18-16-14-12-10-8-6-4-2/h12,14,18,24,26,30,32,41,65,69,74-75,79-80H,3-11,13,15-17,19-23,25,27-29,31,33-40,42-64,66-68,70-73H2,1-2H3,(H,78,81)/b14-12-,26-24-,32-30-,41-18-,69-65+. The van der Waals surface area contributed by atoms with Crippen molar-refractivity contribution < 1.29 is 24.5 Å². The molecule has 3 N–H and O–H groups in total. The third-order valence-electron chi connectivity index (χ3n) is 17.0. The lowest BCUT2D eigenvalue weighted by atomic mass is 10.0. The zero-order chi connectivity index (χ0) is 59.9. The summed E-state index contributed by atoms with van der Waals surface area (Å²) in [5.74, 6) is -0.0656. The number of unbranched alkanes of at least 4 members (excludes halogenated alkanes) is 50. The van der Waals surface area contributed by atoms with Gasteiger partial charge in [0.25, 0.3) is 0 Å². The van der Waals surface area contributed by atoms with Gasteiger partial charge in [0.1, 0.15) is 0 Å². The van der Waals surface area contributed by atoms with Gasteiger partial charge in [0.2, 0.25) is 5.91 Å². The summed E-state index contributed by atoms with van der Waals surface area (Å²) >= 11 is 0. The molecule has 0 aliphatic heterocycles. The molecule has 0 aromatic heterocycles. The molecule has 0 bridgehead atoms. The summed E-state index contributed by atoms with van der Waals surface area (Å²) in [4.78, 5) is 24.6. The number of allylic oxidation sites excluding steroid dienone is 9. The molecule has 0 aliphatic rings. The van der Waals surface area contributed by atoms with Gasteiger partial charge in [-0.15, -0.1) is 0 Å². The molecule has 0 fully saturated rings. The molecule has 486 valence electrons. The molecule has 0 aliphatic carbocycles. The third kappa shape index (κ3) is 68.5. The van der Waals surface area contributed by atoms with Gasteiger partial charge < -0.3 is 20.3 Å². The number of carbonyl (C=O) groups excluding carboxylic acids is 2. The summed E-state index contributed by atoms with van der Waals surface area (Å²) < 4.78 is 5.48. The first kappa shape index (κ1) is 80.6. The topological polar surface area (TPSA) is 95.9 Å². The first-order valence-corrected chi connectivity index (χ1v) is 37.1. The van der Waals surface area contributed by atoms with E-state index in [2.05, 4.69) is 67.8 Å². The number of amides is 1. The number of nitrogens with one attached hydrogen (secondary N) is 1. The van der Waals surface area contributed by atoms with Crippen LogP contribution in [-0.2, 0) is 14.3 Å². The third-order valence-corrected chi connectivity index (χ3v) is 17.0. The number of esters is 1. The molecular formula is C77H143NO5. The Morgan fingerprint density at radius 1 is 0.337 bits per heavy atom. The van der Waals surface area contributed by atoms with E-state index in [1.54, 1.807) is 6.08 Å². The Bertz CT molecular complexity index is 1430. The smallest absolute Gasteiger partial charge is 0.305 e. The summed E-state index contributed by atoms with van der Waals surface area (Å²) in [5.41, 5.74) is 0. The van der Waals surface area contributed by atoms with Crippen molar-refractivity contribution in [2.45, 2.75) is 405 Å². The summed E-state index contributed by atoms with van der Waals surface area (Å²) in [5, 5.41) is 23.3. The van der Waals surface area contributed by atoms with Gasteiger partial charge in [-0.3, -0.25) is 9.59 Å². The molecule has 0 heterocycles. The van der Waals surface area contributed by atoms with Gasteiger partial charge in [-0.25, -0.2) is 0 Å². The molecule has 6 nitrogen and oxygen atoms in total. The van der Waals surface area contributed by atoms with Crippen LogP contribution >= 0.6 is 0 Å². The highest BCUT2D eigenvalue weighted by Gasteiger charge is 2.18. The summed E-state index contributed by atoms with van der Waals surface area (Å²) in [6.45, 7) is 4.90. The van der Waals surface area contributed by atoms with E-state index in [1.807, 2.05) is 6.08 Å². The number of aliphatic hydroxyl groups excluding tert-OH is 2. The molecule has 2 atom stereocenters. The molecule has 0 aromatic carbocycles. The molecule has 6 heteroatoms. The molecule has 0 aromatic rings. The second-order valence-electron chi connectivity index (χ2n) is 25.3. The maximum Gasteiger partial charge on any atom is 0.305 e. The minimum Gasteiger partial charge on any atom is -0.466 e. The summed E-state index contributed by atoms with van der Waals surface area (Å²) in [7, 11) is 0. The van der Waals surface area contributed by atoms with Crippen LogP contribution in [0.2, 0.25) is 0 Å². The molecule has 2 unspecified atom stereocenters. The average molecular weight is 1160 g/mol. The van der Waals surface area contributed by atoms with Gasteiger partial charge in [-0.1, -0.05) is 344 Å². The zero-order valence-electron chi connectivity index (χ0n) is 55.7. The highest BCUT2D eigenvalue weighted by Crippen LogP contribution is 2.18. The van der Waals surface area contributed by atoms with Crippen LogP contribution in [0.4, 0.5) is 0 Å². The van der Waals surface area contributed by atoms with Crippen LogP contribution in [0.5, 0.6) is 0 Å². The van der Waals surface area contributed by atoms with Crippen molar-refractivity contribution in [3.63, 3.8) is 0 Å². The van der Waals surface area contributed by atoms with Crippen LogP contribution in [0.3, 0.4) is 0 Å². The van der Waals surface area contributed by atoms with Gasteiger partial charge in [-0.2, -0.15) is 0 Å². The Hall–Kier alpha value is -2.44. The zero-order valence-corrected chi connectivity index (χ0v) is 55.7. The van der Waals surface area contributed by atoms with Gasteiger partial charge in [-0.05, 0) is 96.3 Å². The van der Waals surface area contributed by atoms with Gasteiger partial charge in [0.15, 0.2) is 0 Å². The fourth-order valence-electron chi connectivity index (χ4n) is 11.3. The number of ether oxygens (including phenoxy) is 1. The molecule has 83 heavy (non-hydrogen) atoms. The Balaban J connectivity index is 3.42. The number of carbonyl (C=O) groups is 2. The second-order valence-corrected chi connectivity index (χ2v) is 25.3. The largest absolute Gasteiger partial charge is 0.466 e. The monoisotopic (exact) mass is 1160 g/mol. The Kier molecular flexibility index (Phi) is 69.9. The van der Waals surface area contributed by atoms with Crippen molar-refractivity contribution in [1.82, 2.24) is 5.32 Å². The van der Waals surface area contributed by atoms with E-state index >= 15 is 0 Å². The van der Waals surface area contributed by atoms with E-state index < -0.39 is 12.1 Å². The number of hydrogen-bond donors (Lipinski definition) is 3. The Morgan fingerprint density at radius 3 is 0.940 bits per heavy atom. The van der Waals surface area contributed by atoms with Gasteiger partial charge in [0, 0.05) is 12.8 Å². The highest BCUT2D eigenvalue weighted by atomic mass is 16.5. The molecule has 0 spiro atoms. The lowest BCUT2D eigenvalue weighted by Crippen LogP contribution is -2.45. The van der Waals surface area contributed by atoms with Crippen LogP contribution in [0, 0.1) is 0 Å². The first-order valence-electron chi connectivity index (χ1n) is 37.1. The van der Waals surface area contributed by atoms with E-state index in [4.69, 9.17) is 4.74 Å². The predicted octanol–water partition coefficient (Wildman–Crippen LogP) is 24.2. The number of aliphatic hydroxyl groups is 2. The van der Waals surface area contributed by atoms with Crippen molar-refractivity contribution >= 4 is 11.9 Å². The van der Waals surface area contributed by atoms with Crippen LogP contribution in [0.1, 0.15) is 393 Å². The molecular weight excluding hydrogens is 1020 g/mol. The maximum atomic E-state index is 12.5. The van der Waals surface area contributed by atoms with Crippen LogP contribution in [0.25, 0.3) is 0 Å². The Labute approximate surface area is 518 Å².